The van der Waals surface area contributed by atoms with Crippen molar-refractivity contribution >= 4 is 49.8 Å². The summed E-state index contributed by atoms with van der Waals surface area (Å²) < 4.78 is 5.98. The number of nitrogens with one attached hydrogen (secondary N) is 1. The van der Waals surface area contributed by atoms with Crippen molar-refractivity contribution in [2.75, 3.05) is 7.11 Å². The molecule has 0 unspecified atom stereocenters. The van der Waals surface area contributed by atoms with Gasteiger partial charge >= 0.3 is 5.97 Å². The highest BCUT2D eigenvalue weighted by atomic mass is 32.1. The van der Waals surface area contributed by atoms with Crippen LogP contribution in [0.4, 0.5) is 0 Å². The first-order valence-corrected chi connectivity index (χ1v) is 12.8. The highest BCUT2D eigenvalue weighted by Gasteiger charge is 2.20. The lowest BCUT2D eigenvalue weighted by atomic mass is 10.00. The van der Waals surface area contributed by atoms with E-state index in [-0.39, 0.29) is 5.97 Å². The number of carbonyl (C=O) groups excluding carboxylic acids is 1. The lowest BCUT2D eigenvalue weighted by Gasteiger charge is -2.08. The van der Waals surface area contributed by atoms with Crippen molar-refractivity contribution in [2.24, 2.45) is 0 Å². The third-order valence-corrected chi connectivity index (χ3v) is 8.26. The zero-order chi connectivity index (χ0) is 24.1. The number of aryl methyl sites for hydroxylation is 2. The summed E-state index contributed by atoms with van der Waals surface area (Å²) in [6.07, 6.45) is 0. The maximum absolute atomic E-state index is 12.1. The Bertz CT molecular complexity index is 1730. The van der Waals surface area contributed by atoms with Gasteiger partial charge in [0, 0.05) is 10.9 Å². The number of methoxy groups -OCH3 is 1. The van der Waals surface area contributed by atoms with Gasteiger partial charge in [0.1, 0.15) is 4.88 Å². The van der Waals surface area contributed by atoms with Crippen LogP contribution in [0.5, 0.6) is 0 Å². The highest BCUT2D eigenvalue weighted by molar-refractivity contribution is 7.21. The number of ether oxygens (including phenoxy) is 1. The number of benzene rings is 2. The van der Waals surface area contributed by atoms with Crippen LogP contribution >= 0.6 is 22.7 Å². The van der Waals surface area contributed by atoms with Gasteiger partial charge in [-0.3, -0.25) is 0 Å². The van der Waals surface area contributed by atoms with Crippen molar-refractivity contribution in [3.8, 4) is 33.0 Å². The number of fused-ring (bicyclic) bond motifs is 2. The summed E-state index contributed by atoms with van der Waals surface area (Å²) in [5.41, 5.74) is 8.10. The molecule has 2 aromatic carbocycles. The molecule has 35 heavy (non-hydrogen) atoms. The Kier molecular flexibility index (Phi) is 5.24. The first-order valence-electron chi connectivity index (χ1n) is 11.2. The molecule has 0 radical (unpaired) electrons. The highest BCUT2D eigenvalue weighted by Crippen LogP contribution is 2.43. The number of thiazole rings is 1. The van der Waals surface area contributed by atoms with Crippen molar-refractivity contribution in [2.45, 2.75) is 13.8 Å². The first-order chi connectivity index (χ1) is 17.0. The van der Waals surface area contributed by atoms with Crippen molar-refractivity contribution in [1.82, 2.24) is 15.0 Å². The Balaban J connectivity index is 1.50. The number of hydrogen-bond donors (Lipinski definition) is 1. The van der Waals surface area contributed by atoms with Crippen LogP contribution in [0, 0.1) is 13.8 Å². The number of thiophene rings is 1. The van der Waals surface area contributed by atoms with Gasteiger partial charge in [0.25, 0.3) is 0 Å². The zero-order valence-electron chi connectivity index (χ0n) is 19.4. The minimum atomic E-state index is -0.320. The van der Waals surface area contributed by atoms with Crippen molar-refractivity contribution in [3.05, 3.63) is 82.3 Å². The van der Waals surface area contributed by atoms with Gasteiger partial charge in [-0.2, -0.15) is 0 Å². The van der Waals surface area contributed by atoms with E-state index in [0.717, 1.165) is 64.8 Å². The number of nitrogens with zero attached hydrogens (tertiary/aromatic N) is 2. The third-order valence-electron chi connectivity index (χ3n) is 6.03. The van der Waals surface area contributed by atoms with Gasteiger partial charge in [0.15, 0.2) is 0 Å². The molecule has 172 valence electrons. The molecule has 6 rings (SSSR count). The van der Waals surface area contributed by atoms with Crippen LogP contribution in [0.1, 0.15) is 20.4 Å². The number of carbonyl (C=O) groups is 1. The molecule has 4 aromatic heterocycles. The van der Waals surface area contributed by atoms with Crippen molar-refractivity contribution in [3.63, 3.8) is 0 Å². The number of pyridine rings is 1. The van der Waals surface area contributed by atoms with E-state index in [1.165, 1.54) is 18.4 Å². The second-order valence-electron chi connectivity index (χ2n) is 8.34. The fourth-order valence-electron chi connectivity index (χ4n) is 4.45. The molecule has 0 saturated carbocycles. The minimum absolute atomic E-state index is 0.320. The molecule has 4 heterocycles. The summed E-state index contributed by atoms with van der Waals surface area (Å²) in [4.78, 5) is 26.9. The second kappa shape index (κ2) is 8.45. The van der Waals surface area contributed by atoms with E-state index in [0.29, 0.717) is 4.88 Å². The van der Waals surface area contributed by atoms with Crippen LogP contribution in [0.25, 0.3) is 54.1 Å². The molecular weight excluding hydrogens is 474 g/mol. The Morgan fingerprint density at radius 1 is 0.914 bits per heavy atom. The van der Waals surface area contributed by atoms with Crippen LogP contribution in [0.3, 0.4) is 0 Å². The van der Waals surface area contributed by atoms with E-state index in [9.17, 15) is 4.79 Å². The molecule has 7 heteroatoms. The van der Waals surface area contributed by atoms with E-state index in [1.54, 1.807) is 11.3 Å². The summed E-state index contributed by atoms with van der Waals surface area (Å²) in [6, 6.07) is 22.7. The van der Waals surface area contributed by atoms with Gasteiger partial charge in [0.05, 0.1) is 49.8 Å². The van der Waals surface area contributed by atoms with E-state index in [2.05, 4.69) is 52.4 Å². The smallest absolute Gasteiger partial charge is 0.348 e. The summed E-state index contributed by atoms with van der Waals surface area (Å²) in [7, 11) is 1.41. The number of rotatable bonds is 4. The Labute approximate surface area is 210 Å². The molecule has 0 atom stereocenters. The number of aromatic amines is 1. The largest absolute Gasteiger partial charge is 0.465 e. The summed E-state index contributed by atoms with van der Waals surface area (Å²) >= 11 is 3.12. The van der Waals surface area contributed by atoms with Gasteiger partial charge in [-0.1, -0.05) is 42.5 Å². The Hall–Kier alpha value is -3.81. The fourth-order valence-corrected chi connectivity index (χ4v) is 6.45. The normalized spacial score (nSPS) is 11.4. The van der Waals surface area contributed by atoms with Gasteiger partial charge in [-0.25, -0.2) is 14.8 Å². The standard InChI is InChI=1S/C28H21N3O2S2/c1-15-26(34-16(2)29-15)21-12-9-18-13-19(10-11-20(18)30-21)25-24(17-7-5-4-6-8-17)27-22(31-25)14-23(35-27)28(32)33-3/h4-14,31H,1-3H3. The lowest BCUT2D eigenvalue weighted by molar-refractivity contribution is 0.0606. The molecular formula is C28H21N3O2S2. The zero-order valence-corrected chi connectivity index (χ0v) is 21.0. The summed E-state index contributed by atoms with van der Waals surface area (Å²) in [5, 5.41) is 2.11. The van der Waals surface area contributed by atoms with Crippen LogP contribution in [-0.2, 0) is 4.74 Å². The molecule has 6 aromatic rings. The average Bonchev–Trinajstić information content (AvgIpc) is 3.55. The van der Waals surface area contributed by atoms with Crippen molar-refractivity contribution < 1.29 is 9.53 Å². The number of hydrogen-bond acceptors (Lipinski definition) is 6. The van der Waals surface area contributed by atoms with Crippen LogP contribution in [0.2, 0.25) is 0 Å². The van der Waals surface area contributed by atoms with E-state index in [1.807, 2.05) is 38.1 Å². The fraction of sp³-hybridized carbons (Fsp3) is 0.107. The number of H-pyrrole nitrogens is 1. The number of aromatic nitrogens is 3. The molecule has 1 N–H and O–H groups in total. The topological polar surface area (TPSA) is 67.9 Å². The van der Waals surface area contributed by atoms with Crippen LogP contribution < -0.4 is 0 Å². The Morgan fingerprint density at radius 2 is 1.74 bits per heavy atom. The molecule has 0 amide bonds. The lowest BCUT2D eigenvalue weighted by Crippen LogP contribution is -1.96. The van der Waals surface area contributed by atoms with Crippen LogP contribution in [0.15, 0.2) is 66.7 Å². The quantitative estimate of drug-likeness (QED) is 0.255. The minimum Gasteiger partial charge on any atom is -0.465 e. The molecule has 0 aliphatic rings. The maximum Gasteiger partial charge on any atom is 0.348 e. The number of esters is 1. The SMILES string of the molecule is COC(=O)c1cc2[nH]c(-c3ccc4nc(-c5sc(C)nc5C)ccc4c3)c(-c3ccccc3)c2s1. The van der Waals surface area contributed by atoms with Crippen LogP contribution in [-0.4, -0.2) is 28.0 Å². The molecule has 0 aliphatic heterocycles. The van der Waals surface area contributed by atoms with Gasteiger partial charge < -0.3 is 9.72 Å². The molecule has 5 nitrogen and oxygen atoms in total. The van der Waals surface area contributed by atoms with E-state index < -0.39 is 0 Å². The summed E-state index contributed by atoms with van der Waals surface area (Å²) in [6.45, 7) is 4.05. The average molecular weight is 496 g/mol. The molecule has 0 bridgehead atoms. The predicted octanol–water partition coefficient (Wildman–Crippen LogP) is 7.64. The van der Waals surface area contributed by atoms with Gasteiger partial charge in [0.2, 0.25) is 0 Å². The summed E-state index contributed by atoms with van der Waals surface area (Å²) in [5.74, 6) is -0.320. The predicted molar refractivity (Wildman–Crippen MR) is 144 cm³/mol. The van der Waals surface area contributed by atoms with Gasteiger partial charge in [-0.05, 0) is 49.2 Å². The second-order valence-corrected chi connectivity index (χ2v) is 10.6. The van der Waals surface area contributed by atoms with E-state index >= 15 is 0 Å². The first kappa shape index (κ1) is 21.7. The Morgan fingerprint density at radius 3 is 2.49 bits per heavy atom. The third kappa shape index (κ3) is 3.73. The molecule has 0 spiro atoms. The van der Waals surface area contributed by atoms with Crippen molar-refractivity contribution in [1.29, 1.82) is 0 Å². The maximum atomic E-state index is 12.1. The van der Waals surface area contributed by atoms with Gasteiger partial charge in [-0.15, -0.1) is 22.7 Å². The van der Waals surface area contributed by atoms with E-state index in [4.69, 9.17) is 9.72 Å². The molecule has 0 saturated heterocycles. The molecule has 0 aliphatic carbocycles. The molecule has 0 fully saturated rings. The monoisotopic (exact) mass is 495 g/mol.